The highest BCUT2D eigenvalue weighted by Gasteiger charge is 2.02. The van der Waals surface area contributed by atoms with Crippen LogP contribution in [-0.4, -0.2) is 0 Å². The van der Waals surface area contributed by atoms with E-state index in [1.165, 1.54) is 6.08 Å². The maximum Gasteiger partial charge on any atom is 0.126 e. The van der Waals surface area contributed by atoms with E-state index in [2.05, 4.69) is 6.58 Å². The number of allylic oxidation sites excluding steroid dienone is 6. The van der Waals surface area contributed by atoms with E-state index >= 15 is 0 Å². The molecule has 0 aliphatic rings. The number of benzene rings is 1. The van der Waals surface area contributed by atoms with Gasteiger partial charge >= 0.3 is 0 Å². The van der Waals surface area contributed by atoms with Gasteiger partial charge in [0.05, 0.1) is 0 Å². The summed E-state index contributed by atoms with van der Waals surface area (Å²) < 4.78 is 13.8. The van der Waals surface area contributed by atoms with Gasteiger partial charge < -0.3 is 0 Å². The molecule has 0 amide bonds. The van der Waals surface area contributed by atoms with Crippen LogP contribution in [0.1, 0.15) is 37.5 Å². The van der Waals surface area contributed by atoms with Crippen molar-refractivity contribution in [3.05, 3.63) is 71.1 Å². The Balaban J connectivity index is 3.16. The number of hydrogen-bond donors (Lipinski definition) is 0. The summed E-state index contributed by atoms with van der Waals surface area (Å²) in [7, 11) is 0. The van der Waals surface area contributed by atoms with Gasteiger partial charge in [-0.1, -0.05) is 36.4 Å². The molecule has 0 aliphatic carbocycles. The van der Waals surface area contributed by atoms with Gasteiger partial charge in [0.15, 0.2) is 0 Å². The lowest BCUT2D eigenvalue weighted by Crippen LogP contribution is -1.87. The molecule has 0 heterocycles. The first-order valence-electron chi connectivity index (χ1n) is 6.39. The molecule has 0 N–H and O–H groups in total. The van der Waals surface area contributed by atoms with Gasteiger partial charge in [-0.2, -0.15) is 0 Å². The van der Waals surface area contributed by atoms with Crippen molar-refractivity contribution in [1.82, 2.24) is 0 Å². The van der Waals surface area contributed by atoms with Crippen LogP contribution in [0.25, 0.3) is 11.6 Å². The molecule has 0 unspecified atom stereocenters. The summed E-state index contributed by atoms with van der Waals surface area (Å²) in [5, 5.41) is 0. The largest absolute Gasteiger partial charge is 0.207 e. The Morgan fingerprint density at radius 2 is 1.95 bits per heavy atom. The molecule has 1 aromatic rings. The summed E-state index contributed by atoms with van der Waals surface area (Å²) in [6.07, 6.45) is 6.85. The molecule has 0 aromatic heterocycles. The lowest BCUT2D eigenvalue weighted by atomic mass is 9.99. The molecule has 1 heteroatoms. The fourth-order valence-corrected chi connectivity index (χ4v) is 1.68. The highest BCUT2D eigenvalue weighted by atomic mass is 19.1. The highest BCUT2D eigenvalue weighted by Crippen LogP contribution is 2.21. The fraction of sp³-hybridized carbons (Fsp3) is 0.222. The second kappa shape index (κ2) is 6.89. The van der Waals surface area contributed by atoms with E-state index in [9.17, 15) is 4.39 Å². The van der Waals surface area contributed by atoms with E-state index in [1.54, 1.807) is 19.1 Å². The van der Waals surface area contributed by atoms with Gasteiger partial charge in [-0.25, -0.2) is 4.39 Å². The minimum atomic E-state index is -0.210. The average Bonchev–Trinajstić information content (AvgIpc) is 2.38. The average molecular weight is 256 g/mol. The van der Waals surface area contributed by atoms with Gasteiger partial charge in [-0.05, 0) is 68.2 Å². The van der Waals surface area contributed by atoms with Crippen molar-refractivity contribution < 1.29 is 4.39 Å². The van der Waals surface area contributed by atoms with Crippen LogP contribution in [-0.2, 0) is 0 Å². The summed E-state index contributed by atoms with van der Waals surface area (Å²) in [6.45, 7) is 11.6. The SMILES string of the molecule is C=C(C)c1ccc(C)c(/C=C(C)/C(F)=C\C=C/C)c1. The molecule has 0 spiro atoms. The number of hydrogen-bond acceptors (Lipinski definition) is 0. The normalized spacial score (nSPS) is 13.1. The van der Waals surface area contributed by atoms with Crippen molar-refractivity contribution in [2.45, 2.75) is 27.7 Å². The third-order valence-electron chi connectivity index (χ3n) is 2.96. The molecule has 0 saturated carbocycles. The van der Waals surface area contributed by atoms with Crippen LogP contribution in [0.5, 0.6) is 0 Å². The lowest BCUT2D eigenvalue weighted by molar-refractivity contribution is 0.653. The standard InChI is InChI=1S/C18H21F/c1-6-7-8-18(19)15(5)11-17-12-16(13(2)3)10-9-14(17)4/h6-12H,2H2,1,3-5H3/b7-6-,15-11+,18-8+. The first-order valence-corrected chi connectivity index (χ1v) is 6.39. The zero-order chi connectivity index (χ0) is 14.4. The van der Waals surface area contributed by atoms with Crippen molar-refractivity contribution in [3.63, 3.8) is 0 Å². The maximum atomic E-state index is 13.8. The van der Waals surface area contributed by atoms with E-state index in [4.69, 9.17) is 0 Å². The predicted octanol–water partition coefficient (Wildman–Crippen LogP) is 5.86. The van der Waals surface area contributed by atoms with Crippen LogP contribution >= 0.6 is 0 Å². The van der Waals surface area contributed by atoms with E-state index < -0.39 is 0 Å². The van der Waals surface area contributed by atoms with E-state index in [0.29, 0.717) is 5.57 Å². The van der Waals surface area contributed by atoms with Crippen molar-refractivity contribution >= 4 is 11.6 Å². The molecular formula is C18H21F. The van der Waals surface area contributed by atoms with E-state index in [-0.39, 0.29) is 5.83 Å². The molecule has 1 aromatic carbocycles. The molecule has 0 fully saturated rings. The van der Waals surface area contributed by atoms with Crippen LogP contribution < -0.4 is 0 Å². The van der Waals surface area contributed by atoms with Crippen molar-refractivity contribution in [2.75, 3.05) is 0 Å². The summed E-state index contributed by atoms with van der Waals surface area (Å²) in [6, 6.07) is 6.12. The van der Waals surface area contributed by atoms with Gasteiger partial charge in [0.25, 0.3) is 0 Å². The lowest BCUT2D eigenvalue weighted by Gasteiger charge is -2.06. The first kappa shape index (κ1) is 15.2. The molecular weight excluding hydrogens is 235 g/mol. The van der Waals surface area contributed by atoms with Crippen molar-refractivity contribution in [1.29, 1.82) is 0 Å². The number of halogens is 1. The molecule has 19 heavy (non-hydrogen) atoms. The second-order valence-electron chi connectivity index (χ2n) is 4.72. The molecule has 100 valence electrons. The second-order valence-corrected chi connectivity index (χ2v) is 4.72. The van der Waals surface area contributed by atoms with Gasteiger partial charge in [-0.15, -0.1) is 0 Å². The summed E-state index contributed by atoms with van der Waals surface area (Å²) in [5.41, 5.74) is 4.88. The van der Waals surface area contributed by atoms with Gasteiger partial charge in [0.1, 0.15) is 5.83 Å². The molecule has 0 saturated heterocycles. The zero-order valence-electron chi connectivity index (χ0n) is 12.1. The summed E-state index contributed by atoms with van der Waals surface area (Å²) in [4.78, 5) is 0. The maximum absolute atomic E-state index is 13.8. The molecule has 0 bridgehead atoms. The van der Waals surface area contributed by atoms with Crippen LogP contribution in [0.3, 0.4) is 0 Å². The minimum Gasteiger partial charge on any atom is -0.207 e. The molecule has 0 nitrogen and oxygen atoms in total. The Hall–Kier alpha value is -1.89. The number of aryl methyl sites for hydroxylation is 1. The van der Waals surface area contributed by atoms with Gasteiger partial charge in [0.2, 0.25) is 0 Å². The Bertz CT molecular complexity index is 557. The fourth-order valence-electron chi connectivity index (χ4n) is 1.68. The molecule has 0 radical (unpaired) electrons. The number of rotatable bonds is 4. The topological polar surface area (TPSA) is 0 Å². The van der Waals surface area contributed by atoms with E-state index in [0.717, 1.165) is 22.3 Å². The van der Waals surface area contributed by atoms with Crippen LogP contribution in [0.2, 0.25) is 0 Å². The smallest absolute Gasteiger partial charge is 0.126 e. The van der Waals surface area contributed by atoms with Crippen LogP contribution in [0.15, 0.2) is 54.4 Å². The quantitative estimate of drug-likeness (QED) is 0.592. The molecule has 0 atom stereocenters. The van der Waals surface area contributed by atoms with Crippen molar-refractivity contribution in [3.8, 4) is 0 Å². The monoisotopic (exact) mass is 256 g/mol. The molecule has 1 rings (SSSR count). The first-order chi connectivity index (χ1) is 8.95. The van der Waals surface area contributed by atoms with Gasteiger partial charge in [-0.3, -0.25) is 0 Å². The Morgan fingerprint density at radius 3 is 2.53 bits per heavy atom. The van der Waals surface area contributed by atoms with Crippen LogP contribution in [0, 0.1) is 6.92 Å². The third-order valence-corrected chi connectivity index (χ3v) is 2.96. The Morgan fingerprint density at radius 1 is 1.26 bits per heavy atom. The van der Waals surface area contributed by atoms with E-state index in [1.807, 2.05) is 45.0 Å². The summed E-state index contributed by atoms with van der Waals surface area (Å²) in [5.74, 6) is -0.210. The third kappa shape index (κ3) is 4.36. The Labute approximate surface area is 115 Å². The predicted molar refractivity (Wildman–Crippen MR) is 83.5 cm³/mol. The Kier molecular flexibility index (Phi) is 5.50. The van der Waals surface area contributed by atoms with Crippen molar-refractivity contribution in [2.24, 2.45) is 0 Å². The van der Waals surface area contributed by atoms with Gasteiger partial charge in [0, 0.05) is 0 Å². The minimum absolute atomic E-state index is 0.210. The zero-order valence-corrected chi connectivity index (χ0v) is 12.1. The molecule has 0 aliphatic heterocycles. The highest BCUT2D eigenvalue weighted by molar-refractivity contribution is 5.68. The van der Waals surface area contributed by atoms with Crippen LogP contribution in [0.4, 0.5) is 4.39 Å². The summed E-state index contributed by atoms with van der Waals surface area (Å²) >= 11 is 0.